The molecule has 3 rings (SSSR count). The maximum Gasteiger partial charge on any atom is 0.287 e. The SMILES string of the molecule is CCC(=O)NCc1ccc(CNC(=O)c2cc3cc(C)ccc3o2)cc1. The predicted octanol–water partition coefficient (Wildman–Crippen LogP) is 3.70. The van der Waals surface area contributed by atoms with Crippen molar-refractivity contribution >= 4 is 22.8 Å². The molecule has 134 valence electrons. The molecule has 0 fully saturated rings. The Balaban J connectivity index is 1.57. The van der Waals surface area contributed by atoms with E-state index in [-0.39, 0.29) is 11.8 Å². The molecule has 0 spiro atoms. The van der Waals surface area contributed by atoms with Crippen LogP contribution in [0.25, 0.3) is 11.0 Å². The van der Waals surface area contributed by atoms with Crippen molar-refractivity contribution in [3.8, 4) is 0 Å². The van der Waals surface area contributed by atoms with Gasteiger partial charge in [-0.15, -0.1) is 0 Å². The number of benzene rings is 2. The zero-order chi connectivity index (χ0) is 18.5. The van der Waals surface area contributed by atoms with Crippen molar-refractivity contribution in [1.82, 2.24) is 10.6 Å². The smallest absolute Gasteiger partial charge is 0.287 e. The fourth-order valence-electron chi connectivity index (χ4n) is 2.64. The Hall–Kier alpha value is -3.08. The number of carbonyl (C=O) groups excluding carboxylic acids is 2. The molecular weight excluding hydrogens is 328 g/mol. The van der Waals surface area contributed by atoms with E-state index >= 15 is 0 Å². The van der Waals surface area contributed by atoms with Gasteiger partial charge in [-0.3, -0.25) is 9.59 Å². The van der Waals surface area contributed by atoms with Crippen molar-refractivity contribution in [2.75, 3.05) is 0 Å². The van der Waals surface area contributed by atoms with Crippen LogP contribution in [0.15, 0.2) is 52.9 Å². The fraction of sp³-hybridized carbons (Fsp3) is 0.238. The summed E-state index contributed by atoms with van der Waals surface area (Å²) in [7, 11) is 0. The Morgan fingerprint density at radius 3 is 2.23 bits per heavy atom. The molecular formula is C21H22N2O3. The van der Waals surface area contributed by atoms with Crippen molar-refractivity contribution < 1.29 is 14.0 Å². The van der Waals surface area contributed by atoms with Gasteiger partial charge in [0, 0.05) is 24.9 Å². The number of hydrogen-bond acceptors (Lipinski definition) is 3. The van der Waals surface area contributed by atoms with Crippen molar-refractivity contribution in [3.05, 3.63) is 71.0 Å². The van der Waals surface area contributed by atoms with Crippen LogP contribution in [0.2, 0.25) is 0 Å². The maximum atomic E-state index is 12.3. The lowest BCUT2D eigenvalue weighted by Crippen LogP contribution is -2.22. The largest absolute Gasteiger partial charge is 0.451 e. The van der Waals surface area contributed by atoms with Gasteiger partial charge in [0.2, 0.25) is 5.91 Å². The number of nitrogens with one attached hydrogen (secondary N) is 2. The van der Waals surface area contributed by atoms with Gasteiger partial charge in [-0.1, -0.05) is 42.8 Å². The van der Waals surface area contributed by atoms with E-state index in [2.05, 4.69) is 10.6 Å². The summed E-state index contributed by atoms with van der Waals surface area (Å²) in [6.45, 7) is 4.75. The summed E-state index contributed by atoms with van der Waals surface area (Å²) in [5, 5.41) is 6.63. The van der Waals surface area contributed by atoms with E-state index in [1.54, 1.807) is 6.07 Å². The first-order valence-corrected chi connectivity index (χ1v) is 8.68. The Bertz CT molecular complexity index is 926. The van der Waals surface area contributed by atoms with Crippen LogP contribution in [0.4, 0.5) is 0 Å². The quantitative estimate of drug-likeness (QED) is 0.712. The molecule has 0 unspecified atom stereocenters. The first-order valence-electron chi connectivity index (χ1n) is 8.68. The normalized spacial score (nSPS) is 10.7. The average Bonchev–Trinajstić information content (AvgIpc) is 3.08. The summed E-state index contributed by atoms with van der Waals surface area (Å²) >= 11 is 0. The standard InChI is InChI=1S/C21H22N2O3/c1-3-20(24)22-12-15-5-7-16(8-6-15)13-23-21(25)19-11-17-10-14(2)4-9-18(17)26-19/h4-11H,3,12-13H2,1-2H3,(H,22,24)(H,23,25). The summed E-state index contributed by atoms with van der Waals surface area (Å²) < 4.78 is 5.61. The molecule has 5 heteroatoms. The van der Waals surface area contributed by atoms with Gasteiger partial charge in [0.15, 0.2) is 5.76 Å². The van der Waals surface area contributed by atoms with E-state index in [1.165, 1.54) is 0 Å². The molecule has 0 saturated heterocycles. The second-order valence-electron chi connectivity index (χ2n) is 6.28. The van der Waals surface area contributed by atoms with Gasteiger partial charge in [0.05, 0.1) is 0 Å². The molecule has 26 heavy (non-hydrogen) atoms. The molecule has 0 radical (unpaired) electrons. The highest BCUT2D eigenvalue weighted by molar-refractivity contribution is 5.96. The van der Waals surface area contributed by atoms with Gasteiger partial charge >= 0.3 is 0 Å². The second-order valence-corrected chi connectivity index (χ2v) is 6.28. The molecule has 3 aromatic rings. The van der Waals surface area contributed by atoms with Crippen molar-refractivity contribution in [2.24, 2.45) is 0 Å². The minimum absolute atomic E-state index is 0.0300. The topological polar surface area (TPSA) is 71.3 Å². The Morgan fingerprint density at radius 2 is 1.58 bits per heavy atom. The lowest BCUT2D eigenvalue weighted by atomic mass is 10.1. The number of fused-ring (bicyclic) bond motifs is 1. The van der Waals surface area contributed by atoms with Gasteiger partial charge in [0.25, 0.3) is 5.91 Å². The predicted molar refractivity (Wildman–Crippen MR) is 101 cm³/mol. The van der Waals surface area contributed by atoms with E-state index in [0.29, 0.717) is 30.9 Å². The first kappa shape index (κ1) is 17.7. The van der Waals surface area contributed by atoms with E-state index in [9.17, 15) is 9.59 Å². The average molecular weight is 350 g/mol. The molecule has 0 aliphatic carbocycles. The van der Waals surface area contributed by atoms with Crippen LogP contribution in [0.5, 0.6) is 0 Å². The minimum atomic E-state index is -0.238. The summed E-state index contributed by atoms with van der Waals surface area (Å²) in [6.07, 6.45) is 0.478. The molecule has 0 saturated carbocycles. The fourth-order valence-corrected chi connectivity index (χ4v) is 2.64. The third-order valence-electron chi connectivity index (χ3n) is 4.18. The lowest BCUT2D eigenvalue weighted by Gasteiger charge is -2.06. The first-order chi connectivity index (χ1) is 12.5. The summed E-state index contributed by atoms with van der Waals surface area (Å²) in [5.74, 6) is 0.102. The zero-order valence-corrected chi connectivity index (χ0v) is 15.0. The third-order valence-corrected chi connectivity index (χ3v) is 4.18. The highest BCUT2D eigenvalue weighted by Crippen LogP contribution is 2.20. The van der Waals surface area contributed by atoms with Crippen LogP contribution in [0, 0.1) is 6.92 Å². The van der Waals surface area contributed by atoms with Crippen molar-refractivity contribution in [1.29, 1.82) is 0 Å². The van der Waals surface area contributed by atoms with Gasteiger partial charge < -0.3 is 15.1 Å². The van der Waals surface area contributed by atoms with Crippen LogP contribution in [-0.2, 0) is 17.9 Å². The van der Waals surface area contributed by atoms with E-state index < -0.39 is 0 Å². The van der Waals surface area contributed by atoms with Crippen molar-refractivity contribution in [2.45, 2.75) is 33.4 Å². The monoisotopic (exact) mass is 350 g/mol. The van der Waals surface area contributed by atoms with Crippen LogP contribution in [-0.4, -0.2) is 11.8 Å². The van der Waals surface area contributed by atoms with E-state index in [1.807, 2.05) is 56.3 Å². The molecule has 2 N–H and O–H groups in total. The summed E-state index contributed by atoms with van der Waals surface area (Å²) in [5.41, 5.74) is 3.84. The number of aryl methyl sites for hydroxylation is 1. The Morgan fingerprint density at radius 1 is 0.923 bits per heavy atom. The number of hydrogen-bond donors (Lipinski definition) is 2. The van der Waals surface area contributed by atoms with E-state index in [4.69, 9.17) is 4.42 Å². The van der Waals surface area contributed by atoms with Crippen LogP contribution in [0.1, 0.15) is 40.6 Å². The lowest BCUT2D eigenvalue weighted by molar-refractivity contribution is -0.120. The highest BCUT2D eigenvalue weighted by atomic mass is 16.3. The number of rotatable bonds is 6. The molecule has 0 bridgehead atoms. The third kappa shape index (κ3) is 4.30. The molecule has 2 aromatic carbocycles. The molecule has 0 atom stereocenters. The van der Waals surface area contributed by atoms with Crippen LogP contribution < -0.4 is 10.6 Å². The molecule has 1 heterocycles. The van der Waals surface area contributed by atoms with Crippen molar-refractivity contribution in [3.63, 3.8) is 0 Å². The Kier molecular flexibility index (Phi) is 5.37. The summed E-state index contributed by atoms with van der Waals surface area (Å²) in [4.78, 5) is 23.6. The van der Waals surface area contributed by atoms with Gasteiger partial charge in [-0.25, -0.2) is 0 Å². The minimum Gasteiger partial charge on any atom is -0.451 e. The highest BCUT2D eigenvalue weighted by Gasteiger charge is 2.12. The maximum absolute atomic E-state index is 12.3. The van der Waals surface area contributed by atoms with Gasteiger partial charge in [-0.2, -0.15) is 0 Å². The van der Waals surface area contributed by atoms with E-state index in [0.717, 1.165) is 22.1 Å². The molecule has 0 aliphatic heterocycles. The van der Waals surface area contributed by atoms with Crippen LogP contribution in [0.3, 0.4) is 0 Å². The van der Waals surface area contributed by atoms with Gasteiger partial charge in [-0.05, 0) is 36.2 Å². The van der Waals surface area contributed by atoms with Crippen LogP contribution >= 0.6 is 0 Å². The number of furan rings is 1. The van der Waals surface area contributed by atoms with Gasteiger partial charge in [0.1, 0.15) is 5.58 Å². The molecule has 1 aromatic heterocycles. The molecule has 2 amide bonds. The Labute approximate surface area is 152 Å². The molecule has 5 nitrogen and oxygen atoms in total. The number of carbonyl (C=O) groups is 2. The number of amides is 2. The summed E-state index contributed by atoms with van der Waals surface area (Å²) in [6, 6.07) is 15.4. The zero-order valence-electron chi connectivity index (χ0n) is 15.0. The molecule has 0 aliphatic rings. The second kappa shape index (κ2) is 7.87.